The van der Waals surface area contributed by atoms with Crippen molar-refractivity contribution >= 4 is 48.9 Å². The minimum absolute atomic E-state index is 0. The smallest absolute Gasteiger partial charge is 1.00 e. The summed E-state index contributed by atoms with van der Waals surface area (Å²) >= 11 is 0. The molecule has 0 aliphatic heterocycles. The van der Waals surface area contributed by atoms with E-state index in [4.69, 9.17) is 0 Å². The van der Waals surface area contributed by atoms with Crippen molar-refractivity contribution < 1.29 is 105 Å². The zero-order valence-corrected chi connectivity index (χ0v) is 16.8. The van der Waals surface area contributed by atoms with Crippen LogP contribution in [0.3, 0.4) is 0 Å². The van der Waals surface area contributed by atoms with Gasteiger partial charge in [0.1, 0.15) is 0 Å². The van der Waals surface area contributed by atoms with E-state index in [1.807, 2.05) is 0 Å². The summed E-state index contributed by atoms with van der Waals surface area (Å²) in [6, 6.07) is 0. The van der Waals surface area contributed by atoms with Crippen molar-refractivity contribution in [2.45, 2.75) is 0 Å². The minimum Gasteiger partial charge on any atom is -1.00 e. The molecule has 0 saturated carbocycles. The van der Waals surface area contributed by atoms with E-state index in [2.05, 4.69) is 0 Å². The molecule has 0 aliphatic rings. The fourth-order valence-corrected chi connectivity index (χ4v) is 0. The third kappa shape index (κ3) is 50.2. The van der Waals surface area contributed by atoms with E-state index < -0.39 is 0 Å². The van der Waals surface area contributed by atoms with Gasteiger partial charge in [0.05, 0.1) is 0 Å². The van der Waals surface area contributed by atoms with E-state index in [0.29, 0.717) is 0 Å². The number of halogens is 4. The Morgan fingerprint density at radius 2 is 0.750 bits per heavy atom. The minimum atomic E-state index is 0. The summed E-state index contributed by atoms with van der Waals surface area (Å²) in [6.45, 7) is 0. The first-order valence-electron chi connectivity index (χ1n) is 0. The summed E-state index contributed by atoms with van der Waals surface area (Å²) in [4.78, 5) is 0. The Balaban J connectivity index is 0. The van der Waals surface area contributed by atoms with Crippen LogP contribution < -0.4 is 29.6 Å². The fourth-order valence-electron chi connectivity index (χ4n) is 0. The Morgan fingerprint density at radius 3 is 0.750 bits per heavy atom. The maximum atomic E-state index is 0. The molecule has 0 heterocycles. The van der Waals surface area contributed by atoms with Crippen molar-refractivity contribution in [1.29, 1.82) is 0 Å². The van der Waals surface area contributed by atoms with Crippen LogP contribution in [0, 0.1) is 0 Å². The van der Waals surface area contributed by atoms with Crippen molar-refractivity contribution in [3.05, 3.63) is 0 Å². The molecule has 8 heavy (non-hydrogen) atoms. The van der Waals surface area contributed by atoms with Gasteiger partial charge >= 0.3 is 78.4 Å². The van der Waals surface area contributed by atoms with Gasteiger partial charge in [-0.3, -0.25) is 18.8 Å². The SMILES string of the molecule is F.F.F.F.[Ba+2].[H-].[H-].[H-].[Hf].[Na+].[Zr]. The topological polar surface area (TPSA) is 0 Å². The quantitative estimate of drug-likeness (QED) is 0.250. The molecule has 0 spiro atoms. The van der Waals surface area contributed by atoms with Crippen molar-refractivity contribution in [1.82, 2.24) is 0 Å². The first-order chi connectivity index (χ1) is 0. The molecule has 0 radical (unpaired) electrons. The third-order valence-corrected chi connectivity index (χ3v) is 0. The fraction of sp³-hybridized carbons (Fsp3) is 0. The van der Waals surface area contributed by atoms with Crippen LogP contribution in [-0.4, -0.2) is 48.9 Å². The Labute approximate surface area is 150 Å². The molecule has 0 nitrogen and oxygen atoms in total. The molecule has 0 aromatic rings. The average Bonchev–Trinajstić information content (AvgIpc) is 0. The molecule has 0 rings (SSSR count). The molecule has 0 fully saturated rings. The van der Waals surface area contributed by atoms with Crippen LogP contribution in [0.4, 0.5) is 18.8 Å². The van der Waals surface area contributed by atoms with E-state index in [-0.39, 0.29) is 154 Å². The normalized spacial score (nSPS) is 0. The van der Waals surface area contributed by atoms with Crippen LogP contribution in [0.1, 0.15) is 4.28 Å². The average molecular weight is 513 g/mol. The first-order valence-corrected chi connectivity index (χ1v) is 0. The molecule has 0 saturated heterocycles. The third-order valence-electron chi connectivity index (χ3n) is 0. The molecule has 0 atom stereocenters. The summed E-state index contributed by atoms with van der Waals surface area (Å²) in [5.41, 5.74) is 0. The molecular weight excluding hydrogens is 506 g/mol. The molecule has 0 aromatic heterocycles. The van der Waals surface area contributed by atoms with Crippen LogP contribution >= 0.6 is 0 Å². The first kappa shape index (κ1) is 89.8. The van der Waals surface area contributed by atoms with Crippen molar-refractivity contribution in [2.75, 3.05) is 0 Å². The summed E-state index contributed by atoms with van der Waals surface area (Å²) in [5.74, 6) is 0. The molecule has 8 heteroatoms. The van der Waals surface area contributed by atoms with E-state index in [1.54, 1.807) is 0 Å². The molecule has 0 aliphatic carbocycles. The van der Waals surface area contributed by atoms with Crippen molar-refractivity contribution in [3.8, 4) is 0 Å². The zero-order valence-electron chi connectivity index (χ0n) is 7.34. The van der Waals surface area contributed by atoms with E-state index in [1.165, 1.54) is 0 Å². The zero-order chi connectivity index (χ0) is 0. The molecule has 0 unspecified atom stereocenters. The number of hydrogen-bond acceptors (Lipinski definition) is 0. The van der Waals surface area contributed by atoms with Crippen molar-refractivity contribution in [2.24, 2.45) is 0 Å². The molecule has 0 bridgehead atoms. The van der Waals surface area contributed by atoms with Gasteiger partial charge in [-0.2, -0.15) is 0 Å². The monoisotopic (exact) mass is 514 g/mol. The van der Waals surface area contributed by atoms with Gasteiger partial charge < -0.3 is 4.28 Å². The molecule has 0 aromatic carbocycles. The largest absolute Gasteiger partial charge is 2.00 e. The van der Waals surface area contributed by atoms with Gasteiger partial charge in [0.15, 0.2) is 0 Å². The predicted molar refractivity (Wildman–Crippen MR) is 19.1 cm³/mol. The summed E-state index contributed by atoms with van der Waals surface area (Å²) < 4.78 is 0. The van der Waals surface area contributed by atoms with Crippen molar-refractivity contribution in [3.63, 3.8) is 0 Å². The Bertz CT molecular complexity index is 25.3. The van der Waals surface area contributed by atoms with Gasteiger partial charge in [0.2, 0.25) is 0 Å². The van der Waals surface area contributed by atoms with Gasteiger partial charge in [0.25, 0.3) is 0 Å². The maximum absolute atomic E-state index is 0. The van der Waals surface area contributed by atoms with E-state index in [9.17, 15) is 0 Å². The summed E-state index contributed by atoms with van der Waals surface area (Å²) in [7, 11) is 0. The summed E-state index contributed by atoms with van der Waals surface area (Å²) in [5, 5.41) is 0. The second-order valence-corrected chi connectivity index (χ2v) is 0. The maximum Gasteiger partial charge on any atom is 2.00 e. The van der Waals surface area contributed by atoms with E-state index in [0.717, 1.165) is 0 Å². The standard InChI is InChI=1S/Ba.4FH.Hf.Na.Zr.3H/h;4*1H;;;;;;/q+2;;;;;;+1;;3*-1. The van der Waals surface area contributed by atoms with Gasteiger partial charge in [-0.1, -0.05) is 0 Å². The van der Waals surface area contributed by atoms with Crippen LogP contribution in [0.2, 0.25) is 0 Å². The van der Waals surface area contributed by atoms with Gasteiger partial charge in [-0.15, -0.1) is 0 Å². The van der Waals surface area contributed by atoms with Crippen LogP contribution in [0.25, 0.3) is 0 Å². The predicted octanol–water partition coefficient (Wildman–Crippen LogP) is -2.43. The Kier molecular flexibility index (Phi) is 765. The van der Waals surface area contributed by atoms with E-state index >= 15 is 0 Å². The molecule has 0 N–H and O–H groups in total. The van der Waals surface area contributed by atoms with Crippen LogP contribution in [-0.2, 0) is 52.0 Å². The van der Waals surface area contributed by atoms with Gasteiger partial charge in [-0.25, -0.2) is 0 Å². The summed E-state index contributed by atoms with van der Waals surface area (Å²) in [6.07, 6.45) is 0. The Hall–Kier alpha value is 4.04. The number of rotatable bonds is 0. The Morgan fingerprint density at radius 1 is 0.750 bits per heavy atom. The van der Waals surface area contributed by atoms with Gasteiger partial charge in [-0.05, 0) is 0 Å². The molecule has 46 valence electrons. The van der Waals surface area contributed by atoms with Gasteiger partial charge in [0, 0.05) is 52.0 Å². The van der Waals surface area contributed by atoms with Crippen LogP contribution in [0.15, 0.2) is 0 Å². The second-order valence-electron chi connectivity index (χ2n) is 0. The van der Waals surface area contributed by atoms with Crippen LogP contribution in [0.5, 0.6) is 0 Å². The molecule has 0 amide bonds. The number of hydrogen-bond donors (Lipinski definition) is 0. The second kappa shape index (κ2) is 68.1. The molecular formula is H7BaF4HfNaZr.